The molecule has 20 heavy (non-hydrogen) atoms. The van der Waals surface area contributed by atoms with Crippen LogP contribution in [0.15, 0.2) is 30.3 Å². The van der Waals surface area contributed by atoms with Crippen molar-refractivity contribution >= 4 is 0 Å². The van der Waals surface area contributed by atoms with Crippen molar-refractivity contribution in [2.45, 2.75) is 26.0 Å². The third kappa shape index (κ3) is 2.32. The van der Waals surface area contributed by atoms with E-state index in [-0.39, 0.29) is 5.92 Å². The van der Waals surface area contributed by atoms with Crippen LogP contribution in [0.2, 0.25) is 0 Å². The minimum Gasteiger partial charge on any atom is -0.387 e. The normalized spacial score (nSPS) is 18.2. The Morgan fingerprint density at radius 1 is 1.25 bits per heavy atom. The molecule has 2 heterocycles. The maximum atomic E-state index is 10.3. The molecule has 1 aliphatic rings. The molecule has 1 aliphatic heterocycles. The zero-order valence-corrected chi connectivity index (χ0v) is 11.8. The molecule has 0 saturated carbocycles. The van der Waals surface area contributed by atoms with Crippen molar-refractivity contribution in [2.24, 2.45) is 5.92 Å². The molecule has 6 heteroatoms. The molecule has 1 N–H and O–H groups in total. The maximum Gasteiger partial charge on any atom is 0.170 e. The quantitative estimate of drug-likeness (QED) is 0.895. The smallest absolute Gasteiger partial charge is 0.170 e. The van der Waals surface area contributed by atoms with E-state index < -0.39 is 5.60 Å². The van der Waals surface area contributed by atoms with Crippen LogP contribution in [0.25, 0.3) is 5.69 Å². The molecule has 0 unspecified atom stereocenters. The second-order valence-electron chi connectivity index (χ2n) is 5.75. The van der Waals surface area contributed by atoms with E-state index in [2.05, 4.69) is 20.4 Å². The van der Waals surface area contributed by atoms with Crippen molar-refractivity contribution in [1.29, 1.82) is 0 Å². The molecule has 106 valence electrons. The van der Waals surface area contributed by atoms with E-state index in [4.69, 9.17) is 0 Å². The summed E-state index contributed by atoms with van der Waals surface area (Å²) in [6, 6.07) is 9.83. The lowest BCUT2D eigenvalue weighted by Gasteiger charge is -2.48. The fourth-order valence-corrected chi connectivity index (χ4v) is 2.48. The Morgan fingerprint density at radius 2 is 1.95 bits per heavy atom. The molecular formula is C14H19N5O. The number of hydrogen-bond acceptors (Lipinski definition) is 5. The van der Waals surface area contributed by atoms with Crippen molar-refractivity contribution in [1.82, 2.24) is 25.1 Å². The SMILES string of the molecule is CC(C)C1(O)CN(Cc2nnnn2-c2ccccc2)C1. The number of para-hydroxylation sites is 1. The van der Waals surface area contributed by atoms with Crippen LogP contribution >= 0.6 is 0 Å². The lowest BCUT2D eigenvalue weighted by atomic mass is 9.83. The van der Waals surface area contributed by atoms with Crippen LogP contribution in [0, 0.1) is 5.92 Å². The molecule has 1 aromatic heterocycles. The van der Waals surface area contributed by atoms with Crippen LogP contribution in [0.4, 0.5) is 0 Å². The first-order valence-electron chi connectivity index (χ1n) is 6.86. The van der Waals surface area contributed by atoms with Gasteiger partial charge in [0.05, 0.1) is 17.8 Å². The summed E-state index contributed by atoms with van der Waals surface area (Å²) < 4.78 is 1.74. The monoisotopic (exact) mass is 273 g/mol. The molecule has 1 fully saturated rings. The van der Waals surface area contributed by atoms with Gasteiger partial charge in [0.25, 0.3) is 0 Å². The topological polar surface area (TPSA) is 67.1 Å². The third-order valence-electron chi connectivity index (χ3n) is 3.97. The lowest BCUT2D eigenvalue weighted by molar-refractivity contribution is -0.131. The predicted molar refractivity (Wildman–Crippen MR) is 74.2 cm³/mol. The van der Waals surface area contributed by atoms with Crippen molar-refractivity contribution in [3.8, 4) is 5.69 Å². The molecular weight excluding hydrogens is 254 g/mol. The second kappa shape index (κ2) is 4.96. The highest BCUT2D eigenvalue weighted by Gasteiger charge is 2.43. The Balaban J connectivity index is 1.71. The zero-order valence-electron chi connectivity index (χ0n) is 11.8. The molecule has 1 aromatic carbocycles. The first kappa shape index (κ1) is 13.2. The maximum absolute atomic E-state index is 10.3. The van der Waals surface area contributed by atoms with Crippen LogP contribution in [0.5, 0.6) is 0 Å². The predicted octanol–water partition coefficient (Wildman–Crippen LogP) is 0.865. The highest BCUT2D eigenvalue weighted by atomic mass is 16.3. The fraction of sp³-hybridized carbons (Fsp3) is 0.500. The van der Waals surface area contributed by atoms with Crippen LogP contribution < -0.4 is 0 Å². The standard InChI is InChI=1S/C14H19N5O/c1-11(2)14(20)9-18(10-14)8-13-15-16-17-19(13)12-6-4-3-5-7-12/h3-7,11,20H,8-10H2,1-2H3. The zero-order chi connectivity index (χ0) is 14.2. The number of benzene rings is 1. The molecule has 2 aromatic rings. The van der Waals surface area contributed by atoms with Gasteiger partial charge in [-0.25, -0.2) is 0 Å². The van der Waals surface area contributed by atoms with Gasteiger partial charge >= 0.3 is 0 Å². The molecule has 3 rings (SSSR count). The summed E-state index contributed by atoms with van der Waals surface area (Å²) in [4.78, 5) is 2.16. The van der Waals surface area contributed by atoms with Gasteiger partial charge in [-0.2, -0.15) is 4.68 Å². The van der Waals surface area contributed by atoms with E-state index in [1.165, 1.54) is 0 Å². The first-order chi connectivity index (χ1) is 9.58. The highest BCUT2D eigenvalue weighted by molar-refractivity contribution is 5.30. The van der Waals surface area contributed by atoms with Gasteiger partial charge in [0.2, 0.25) is 0 Å². The molecule has 1 saturated heterocycles. The van der Waals surface area contributed by atoms with Crippen LogP contribution in [-0.4, -0.2) is 48.9 Å². The first-order valence-corrected chi connectivity index (χ1v) is 6.86. The molecule has 0 spiro atoms. The van der Waals surface area contributed by atoms with Gasteiger partial charge in [0, 0.05) is 13.1 Å². The molecule has 0 amide bonds. The Hall–Kier alpha value is -1.79. The molecule has 0 bridgehead atoms. The van der Waals surface area contributed by atoms with Crippen molar-refractivity contribution < 1.29 is 5.11 Å². The number of aliphatic hydroxyl groups is 1. The second-order valence-corrected chi connectivity index (χ2v) is 5.75. The Labute approximate surface area is 118 Å². The van der Waals surface area contributed by atoms with Crippen molar-refractivity contribution in [2.75, 3.05) is 13.1 Å². The van der Waals surface area contributed by atoms with E-state index in [1.54, 1.807) is 4.68 Å². The van der Waals surface area contributed by atoms with E-state index in [1.807, 2.05) is 44.2 Å². The van der Waals surface area contributed by atoms with Crippen LogP contribution in [-0.2, 0) is 6.54 Å². The number of aromatic nitrogens is 4. The van der Waals surface area contributed by atoms with Gasteiger partial charge in [-0.05, 0) is 28.5 Å². The molecule has 0 radical (unpaired) electrons. The highest BCUT2D eigenvalue weighted by Crippen LogP contribution is 2.29. The average Bonchev–Trinajstić information content (AvgIpc) is 2.86. The minimum absolute atomic E-state index is 0.267. The Bertz CT molecular complexity index is 574. The van der Waals surface area contributed by atoms with Crippen LogP contribution in [0.1, 0.15) is 19.7 Å². The summed E-state index contributed by atoms with van der Waals surface area (Å²) in [6.45, 7) is 6.09. The largest absolute Gasteiger partial charge is 0.387 e. The molecule has 6 nitrogen and oxygen atoms in total. The summed E-state index contributed by atoms with van der Waals surface area (Å²) in [7, 11) is 0. The summed E-state index contributed by atoms with van der Waals surface area (Å²) in [5.74, 6) is 1.06. The van der Waals surface area contributed by atoms with Crippen molar-refractivity contribution in [3.63, 3.8) is 0 Å². The number of rotatable bonds is 4. The lowest BCUT2D eigenvalue weighted by Crippen LogP contribution is -2.64. The molecule has 0 atom stereocenters. The molecule has 0 aliphatic carbocycles. The number of hydrogen-bond donors (Lipinski definition) is 1. The number of tetrazole rings is 1. The number of likely N-dealkylation sites (tertiary alicyclic amines) is 1. The van der Waals surface area contributed by atoms with E-state index in [9.17, 15) is 5.11 Å². The third-order valence-corrected chi connectivity index (χ3v) is 3.97. The van der Waals surface area contributed by atoms with E-state index in [0.717, 1.165) is 11.5 Å². The Kier molecular flexibility index (Phi) is 3.27. The average molecular weight is 273 g/mol. The van der Waals surface area contributed by atoms with E-state index >= 15 is 0 Å². The van der Waals surface area contributed by atoms with Gasteiger partial charge in [-0.1, -0.05) is 32.0 Å². The van der Waals surface area contributed by atoms with Gasteiger partial charge in [-0.3, -0.25) is 4.90 Å². The number of β-amino-alcohol motifs (C(OH)–C–C–N with tert-alkyl or cyclic N) is 1. The van der Waals surface area contributed by atoms with Gasteiger partial charge in [0.15, 0.2) is 5.82 Å². The number of nitrogens with zero attached hydrogens (tertiary/aromatic N) is 5. The van der Waals surface area contributed by atoms with Crippen LogP contribution in [0.3, 0.4) is 0 Å². The fourth-order valence-electron chi connectivity index (χ4n) is 2.48. The summed E-state index contributed by atoms with van der Waals surface area (Å²) >= 11 is 0. The van der Waals surface area contributed by atoms with Gasteiger partial charge in [-0.15, -0.1) is 5.10 Å². The minimum atomic E-state index is -0.564. The Morgan fingerprint density at radius 3 is 2.60 bits per heavy atom. The summed E-state index contributed by atoms with van der Waals surface area (Å²) in [5.41, 5.74) is 0.387. The summed E-state index contributed by atoms with van der Waals surface area (Å²) in [5, 5.41) is 22.1. The van der Waals surface area contributed by atoms with Gasteiger partial charge in [0.1, 0.15) is 0 Å². The van der Waals surface area contributed by atoms with E-state index in [0.29, 0.717) is 19.6 Å². The van der Waals surface area contributed by atoms with Gasteiger partial charge < -0.3 is 5.11 Å². The summed E-state index contributed by atoms with van der Waals surface area (Å²) in [6.07, 6.45) is 0. The van der Waals surface area contributed by atoms with Crippen molar-refractivity contribution in [3.05, 3.63) is 36.2 Å².